The topological polar surface area (TPSA) is 12.9 Å². The van der Waals surface area contributed by atoms with Crippen LogP contribution in [0.3, 0.4) is 0 Å². The minimum Gasteiger partial charge on any atom is -0.256 e. The summed E-state index contributed by atoms with van der Waals surface area (Å²) in [6.45, 7) is 27.1. The van der Waals surface area contributed by atoms with E-state index >= 15 is 0 Å². The molecule has 1 unspecified atom stereocenters. The lowest BCUT2D eigenvalue weighted by molar-refractivity contribution is 0.438. The number of nitrogens with zero attached hydrogens (tertiary/aromatic N) is 1. The van der Waals surface area contributed by atoms with Crippen molar-refractivity contribution in [1.29, 1.82) is 0 Å². The molecule has 0 saturated carbocycles. The fourth-order valence-electron chi connectivity index (χ4n) is 6.70. The normalized spacial score (nSPS) is 16.7. The third-order valence-electron chi connectivity index (χ3n) is 9.66. The number of allylic oxidation sites excluding steroid dienone is 11. The van der Waals surface area contributed by atoms with E-state index in [0.717, 1.165) is 42.5 Å². The predicted molar refractivity (Wildman–Crippen MR) is 208 cm³/mol. The first-order valence-electron chi connectivity index (χ1n) is 17.8. The van der Waals surface area contributed by atoms with Gasteiger partial charge in [0.25, 0.3) is 0 Å². The maximum atomic E-state index is 14.9. The molecule has 0 radical (unpaired) electrons. The molecule has 1 nitrogen and oxygen atoms in total. The lowest BCUT2D eigenvalue weighted by Gasteiger charge is -2.40. The smallest absolute Gasteiger partial charge is 0.123 e. The van der Waals surface area contributed by atoms with Gasteiger partial charge < -0.3 is 0 Å². The fraction of sp³-hybridized carbons (Fsp3) is 0.400. The highest BCUT2D eigenvalue weighted by molar-refractivity contribution is 6.00. The van der Waals surface area contributed by atoms with Crippen molar-refractivity contribution in [2.24, 2.45) is 5.92 Å². The molecule has 0 N–H and O–H groups in total. The molecule has 3 aromatic rings. The van der Waals surface area contributed by atoms with E-state index in [-0.39, 0.29) is 16.7 Å². The number of fused-ring (bicyclic) bond motifs is 1. The number of benzene rings is 2. The molecule has 5 rings (SSSR count). The van der Waals surface area contributed by atoms with E-state index in [0.29, 0.717) is 5.92 Å². The zero-order valence-electron chi connectivity index (χ0n) is 31.2. The standard InChI is InChI=1S/C22H22FN.C19H26.2C2H6/c1-4-5-7-14-10-11-17(23)20-19(14)21-18-15(12-13-24-21)8-6-9-16(18)22(20,2)3;1-6-9-10-13-16(4)17-14-11-12-15-18(17)19(5,7-2)8-3;2*1-2/h4-6,8-9,11-14H,7,10H2,1-3H3;6,9-15H,1,7-8H2,2-5H3;2*1-2H3/b;10-9-,16-13+;;. The number of hydrogen-bond donors (Lipinski definition) is 0. The molecule has 0 aliphatic heterocycles. The van der Waals surface area contributed by atoms with Crippen LogP contribution in [-0.4, -0.2) is 4.98 Å². The summed E-state index contributed by atoms with van der Waals surface area (Å²) in [4.78, 5) is 4.70. The van der Waals surface area contributed by atoms with Crippen LogP contribution < -0.4 is 0 Å². The van der Waals surface area contributed by atoms with Crippen LogP contribution >= 0.6 is 0 Å². The van der Waals surface area contributed by atoms with Crippen molar-refractivity contribution >= 4 is 21.9 Å². The van der Waals surface area contributed by atoms with Crippen LogP contribution in [0.25, 0.3) is 21.9 Å². The molecule has 0 spiro atoms. The Labute approximate surface area is 286 Å². The minimum absolute atomic E-state index is 0.0694. The lowest BCUT2D eigenvalue weighted by Crippen LogP contribution is -2.30. The number of hydrogen-bond acceptors (Lipinski definition) is 1. The molecule has 0 amide bonds. The molecule has 252 valence electrons. The highest BCUT2D eigenvalue weighted by atomic mass is 19.1. The third-order valence-corrected chi connectivity index (χ3v) is 9.66. The molecule has 1 aromatic heterocycles. The zero-order valence-corrected chi connectivity index (χ0v) is 31.2. The maximum Gasteiger partial charge on any atom is 0.123 e. The van der Waals surface area contributed by atoms with E-state index in [1.54, 1.807) is 12.2 Å². The number of halogens is 1. The Balaban J connectivity index is 0.000000304. The van der Waals surface area contributed by atoms with Gasteiger partial charge in [-0.05, 0) is 96.2 Å². The Hall–Kier alpha value is -3.78. The maximum absolute atomic E-state index is 14.9. The zero-order chi connectivity index (χ0) is 35.2. The van der Waals surface area contributed by atoms with Gasteiger partial charge in [-0.25, -0.2) is 4.39 Å². The van der Waals surface area contributed by atoms with Gasteiger partial charge >= 0.3 is 0 Å². The van der Waals surface area contributed by atoms with E-state index in [4.69, 9.17) is 4.98 Å². The van der Waals surface area contributed by atoms with Crippen LogP contribution in [0.5, 0.6) is 0 Å². The van der Waals surface area contributed by atoms with Gasteiger partial charge in [-0.1, -0.05) is 148 Å². The first-order chi connectivity index (χ1) is 22.6. The van der Waals surface area contributed by atoms with Crippen LogP contribution in [0.15, 0.2) is 115 Å². The number of aromatic nitrogens is 1. The SMILES string of the molecule is C=C/C=C\C=C(/C)c1ccccc1C(C)(CC)CC.CC.CC.CC=CCC1CC=C(F)C2=C1c1nccc3cccc(c13)C2(C)C. The molecule has 47 heavy (non-hydrogen) atoms. The van der Waals surface area contributed by atoms with Crippen molar-refractivity contribution in [1.82, 2.24) is 4.98 Å². The highest BCUT2D eigenvalue weighted by Crippen LogP contribution is 2.53. The quantitative estimate of drug-likeness (QED) is 0.178. The van der Waals surface area contributed by atoms with Crippen LogP contribution in [0, 0.1) is 5.92 Å². The fourth-order valence-corrected chi connectivity index (χ4v) is 6.70. The first-order valence-corrected chi connectivity index (χ1v) is 17.8. The Bertz CT molecular complexity index is 1610. The summed E-state index contributed by atoms with van der Waals surface area (Å²) in [7, 11) is 0. The molecular weight excluding hydrogens is 574 g/mol. The minimum atomic E-state index is -0.347. The first kappa shape index (κ1) is 39.4. The van der Waals surface area contributed by atoms with Gasteiger partial charge in [0.05, 0.1) is 5.69 Å². The second-order valence-corrected chi connectivity index (χ2v) is 12.5. The second-order valence-electron chi connectivity index (χ2n) is 12.5. The molecule has 0 bridgehead atoms. The third kappa shape index (κ3) is 8.58. The van der Waals surface area contributed by atoms with Crippen LogP contribution in [0.1, 0.15) is 124 Å². The van der Waals surface area contributed by atoms with Gasteiger partial charge in [0, 0.05) is 22.6 Å². The van der Waals surface area contributed by atoms with Gasteiger partial charge in [0.15, 0.2) is 0 Å². The molecule has 0 saturated heterocycles. The average Bonchev–Trinajstić information content (AvgIpc) is 3.11. The van der Waals surface area contributed by atoms with Crippen molar-refractivity contribution in [2.45, 2.75) is 113 Å². The molecular formula is C45H60FN. The van der Waals surface area contributed by atoms with Crippen LogP contribution in [0.2, 0.25) is 0 Å². The summed E-state index contributed by atoms with van der Waals surface area (Å²) in [5, 5.41) is 2.39. The van der Waals surface area contributed by atoms with E-state index in [2.05, 4.69) is 115 Å². The Morgan fingerprint density at radius 1 is 1.00 bits per heavy atom. The van der Waals surface area contributed by atoms with Gasteiger partial charge in [-0.2, -0.15) is 0 Å². The summed E-state index contributed by atoms with van der Waals surface area (Å²) in [6, 6.07) is 17.1. The van der Waals surface area contributed by atoms with Crippen molar-refractivity contribution < 1.29 is 4.39 Å². The highest BCUT2D eigenvalue weighted by Gasteiger charge is 2.41. The predicted octanol–water partition coefficient (Wildman–Crippen LogP) is 14.1. The molecule has 2 aliphatic rings. The van der Waals surface area contributed by atoms with Crippen molar-refractivity contribution in [3.05, 3.63) is 138 Å². The summed E-state index contributed by atoms with van der Waals surface area (Å²) in [6.07, 6.45) is 19.8. The van der Waals surface area contributed by atoms with Crippen molar-refractivity contribution in [2.75, 3.05) is 0 Å². The van der Waals surface area contributed by atoms with Crippen LogP contribution in [0.4, 0.5) is 4.39 Å². The van der Waals surface area contributed by atoms with E-state index in [1.165, 1.54) is 33.0 Å². The Morgan fingerprint density at radius 3 is 2.32 bits per heavy atom. The largest absolute Gasteiger partial charge is 0.256 e. The van der Waals surface area contributed by atoms with E-state index in [9.17, 15) is 4.39 Å². The average molecular weight is 634 g/mol. The lowest BCUT2D eigenvalue weighted by atomic mass is 9.64. The van der Waals surface area contributed by atoms with Crippen LogP contribution in [-0.2, 0) is 10.8 Å². The summed E-state index contributed by atoms with van der Waals surface area (Å²) in [5.41, 5.74) is 8.15. The number of rotatable bonds is 8. The van der Waals surface area contributed by atoms with Gasteiger partial charge in [0.1, 0.15) is 5.83 Å². The molecule has 2 aromatic carbocycles. The molecule has 2 aliphatic carbocycles. The molecule has 2 heteroatoms. The van der Waals surface area contributed by atoms with Gasteiger partial charge in [-0.15, -0.1) is 0 Å². The van der Waals surface area contributed by atoms with Crippen molar-refractivity contribution in [3.63, 3.8) is 0 Å². The molecule has 0 fully saturated rings. The van der Waals surface area contributed by atoms with E-state index < -0.39 is 0 Å². The van der Waals surface area contributed by atoms with Gasteiger partial charge in [-0.3, -0.25) is 4.98 Å². The summed E-state index contributed by atoms with van der Waals surface area (Å²) in [5.74, 6) is 0.224. The Morgan fingerprint density at radius 2 is 1.68 bits per heavy atom. The summed E-state index contributed by atoms with van der Waals surface area (Å²) >= 11 is 0. The number of pyridine rings is 1. The monoisotopic (exact) mass is 633 g/mol. The van der Waals surface area contributed by atoms with Gasteiger partial charge in [0.2, 0.25) is 0 Å². The molecule has 1 atom stereocenters. The van der Waals surface area contributed by atoms with E-state index in [1.807, 2.05) is 53.0 Å². The Kier molecular flexibility index (Phi) is 15.5. The second kappa shape index (κ2) is 18.5. The molecule has 1 heterocycles. The van der Waals surface area contributed by atoms with Crippen molar-refractivity contribution in [3.8, 4) is 0 Å². The summed E-state index contributed by atoms with van der Waals surface area (Å²) < 4.78 is 14.9.